The maximum atomic E-state index is 14.3. The highest BCUT2D eigenvalue weighted by Gasteiger charge is 2.19. The number of halogens is 1. The quantitative estimate of drug-likeness (QED) is 0.414. The van der Waals surface area contributed by atoms with E-state index in [-0.39, 0.29) is 27.5 Å². The molecule has 0 spiro atoms. The van der Waals surface area contributed by atoms with Crippen LogP contribution in [0.5, 0.6) is 5.75 Å². The summed E-state index contributed by atoms with van der Waals surface area (Å²) in [7, 11) is -2.58. The molecule has 1 amide bonds. The summed E-state index contributed by atoms with van der Waals surface area (Å²) in [5, 5.41) is 13.6. The summed E-state index contributed by atoms with van der Waals surface area (Å²) in [6.45, 7) is 1.61. The zero-order valence-electron chi connectivity index (χ0n) is 18.1. The molecule has 4 aromatic rings. The number of aromatic nitrogens is 4. The second-order valence-electron chi connectivity index (χ2n) is 7.09. The molecule has 0 saturated carbocycles. The predicted octanol–water partition coefficient (Wildman–Crippen LogP) is 3.17. The van der Waals surface area contributed by atoms with Gasteiger partial charge >= 0.3 is 0 Å². The van der Waals surface area contributed by atoms with Crippen LogP contribution in [0, 0.1) is 12.7 Å². The lowest BCUT2D eigenvalue weighted by molar-refractivity contribution is 0.102. The molecule has 0 aliphatic heterocycles. The van der Waals surface area contributed by atoms with Crippen LogP contribution in [0.2, 0.25) is 0 Å². The highest BCUT2D eigenvalue weighted by molar-refractivity contribution is 7.92. The van der Waals surface area contributed by atoms with Crippen LogP contribution in [-0.2, 0) is 10.0 Å². The lowest BCUT2D eigenvalue weighted by Crippen LogP contribution is -2.16. The van der Waals surface area contributed by atoms with E-state index in [0.717, 1.165) is 0 Å². The molecule has 0 aliphatic carbocycles. The van der Waals surface area contributed by atoms with Gasteiger partial charge in [0.05, 0.1) is 17.7 Å². The fourth-order valence-electron chi connectivity index (χ4n) is 3.15. The number of nitrogens with zero attached hydrogens (tertiary/aromatic N) is 4. The number of amides is 1. The summed E-state index contributed by atoms with van der Waals surface area (Å²) in [5.74, 6) is -0.447. The molecule has 0 radical (unpaired) electrons. The summed E-state index contributed by atoms with van der Waals surface area (Å²) in [4.78, 5) is 12.7. The van der Waals surface area contributed by atoms with E-state index in [2.05, 4.69) is 25.6 Å². The third-order valence-electron chi connectivity index (χ3n) is 4.82. The van der Waals surface area contributed by atoms with E-state index in [1.54, 1.807) is 31.2 Å². The SMILES string of the molecule is COc1ccccc1NS(=O)(=O)c1cccc(C(=O)Nc2ccc(F)c(-n3nnnc3C)c2)c1. The van der Waals surface area contributed by atoms with E-state index in [1.807, 2.05) is 0 Å². The average Bonchev–Trinajstić information content (AvgIpc) is 3.26. The van der Waals surface area contributed by atoms with Crippen LogP contribution in [0.4, 0.5) is 15.8 Å². The van der Waals surface area contributed by atoms with Crippen molar-refractivity contribution in [3.8, 4) is 11.4 Å². The number of para-hydroxylation sites is 2. The average molecular weight is 482 g/mol. The third kappa shape index (κ3) is 4.71. The molecule has 2 N–H and O–H groups in total. The van der Waals surface area contributed by atoms with Gasteiger partial charge in [-0.25, -0.2) is 12.8 Å². The van der Waals surface area contributed by atoms with Gasteiger partial charge in [0.1, 0.15) is 17.3 Å². The molecule has 10 nitrogen and oxygen atoms in total. The van der Waals surface area contributed by atoms with Crippen LogP contribution in [0.15, 0.2) is 71.6 Å². The van der Waals surface area contributed by atoms with Gasteiger partial charge in [0.15, 0.2) is 5.82 Å². The summed E-state index contributed by atoms with van der Waals surface area (Å²) < 4.78 is 48.9. The van der Waals surface area contributed by atoms with Crippen LogP contribution in [0.3, 0.4) is 0 Å². The number of hydrogen-bond donors (Lipinski definition) is 2. The van der Waals surface area contributed by atoms with Crippen molar-refractivity contribution in [3.63, 3.8) is 0 Å². The number of nitrogens with one attached hydrogen (secondary N) is 2. The number of tetrazole rings is 1. The number of hydrogen-bond acceptors (Lipinski definition) is 7. The maximum Gasteiger partial charge on any atom is 0.262 e. The summed E-state index contributed by atoms with van der Waals surface area (Å²) >= 11 is 0. The molecule has 0 aliphatic rings. The largest absolute Gasteiger partial charge is 0.495 e. The molecule has 3 aromatic carbocycles. The molecule has 0 saturated heterocycles. The molecule has 0 unspecified atom stereocenters. The number of carbonyl (C=O) groups excluding carboxylic acids is 1. The normalized spacial score (nSPS) is 11.1. The fraction of sp³-hybridized carbons (Fsp3) is 0.0909. The summed E-state index contributed by atoms with van der Waals surface area (Å²) in [6, 6.07) is 16.0. The molecule has 1 aromatic heterocycles. The Morgan fingerprint density at radius 2 is 1.85 bits per heavy atom. The monoisotopic (exact) mass is 482 g/mol. The van der Waals surface area contributed by atoms with Crippen molar-refractivity contribution in [2.45, 2.75) is 11.8 Å². The lowest BCUT2D eigenvalue weighted by Gasteiger charge is -2.12. The van der Waals surface area contributed by atoms with Gasteiger partial charge in [0.2, 0.25) is 0 Å². The molecule has 174 valence electrons. The Morgan fingerprint density at radius 3 is 2.59 bits per heavy atom. The van der Waals surface area contributed by atoms with Crippen LogP contribution in [0.1, 0.15) is 16.2 Å². The zero-order chi connectivity index (χ0) is 24.3. The van der Waals surface area contributed by atoms with Crippen molar-refractivity contribution in [2.75, 3.05) is 17.1 Å². The minimum atomic E-state index is -4.01. The highest BCUT2D eigenvalue weighted by Crippen LogP contribution is 2.26. The first kappa shape index (κ1) is 22.9. The van der Waals surface area contributed by atoms with Gasteiger partial charge in [-0.3, -0.25) is 9.52 Å². The van der Waals surface area contributed by atoms with Crippen molar-refractivity contribution >= 4 is 27.3 Å². The first-order valence-corrected chi connectivity index (χ1v) is 11.4. The molecule has 1 heterocycles. The van der Waals surface area contributed by atoms with Crippen LogP contribution >= 0.6 is 0 Å². The Labute approximate surface area is 194 Å². The number of sulfonamides is 1. The molecule has 4 rings (SSSR count). The molecule has 34 heavy (non-hydrogen) atoms. The molecule has 0 atom stereocenters. The fourth-order valence-corrected chi connectivity index (χ4v) is 4.26. The van der Waals surface area contributed by atoms with E-state index < -0.39 is 21.7 Å². The van der Waals surface area contributed by atoms with Crippen molar-refractivity contribution in [1.29, 1.82) is 0 Å². The standard InChI is InChI=1S/C22H19FN6O4S/c1-14-25-27-28-29(14)20-13-16(10-11-18(20)23)24-22(30)15-6-5-7-17(12-15)34(31,32)26-19-8-3-4-9-21(19)33-2/h3-13,26H,1-2H3,(H,24,30). The van der Waals surface area contributed by atoms with Crippen LogP contribution in [0.25, 0.3) is 5.69 Å². The number of ether oxygens (including phenoxy) is 1. The Morgan fingerprint density at radius 1 is 1.06 bits per heavy atom. The minimum Gasteiger partial charge on any atom is -0.495 e. The molecular weight excluding hydrogens is 463 g/mol. The smallest absolute Gasteiger partial charge is 0.262 e. The molecule has 12 heteroatoms. The van der Waals surface area contributed by atoms with E-state index in [4.69, 9.17) is 4.74 Å². The topological polar surface area (TPSA) is 128 Å². The molecule has 0 bridgehead atoms. The van der Waals surface area contributed by atoms with E-state index in [0.29, 0.717) is 11.6 Å². The summed E-state index contributed by atoms with van der Waals surface area (Å²) in [5.41, 5.74) is 0.679. The summed E-state index contributed by atoms with van der Waals surface area (Å²) in [6.07, 6.45) is 0. The molecular formula is C22H19FN6O4S. The zero-order valence-corrected chi connectivity index (χ0v) is 18.9. The Kier molecular flexibility index (Phi) is 6.23. The lowest BCUT2D eigenvalue weighted by atomic mass is 10.2. The van der Waals surface area contributed by atoms with Crippen LogP contribution < -0.4 is 14.8 Å². The Bertz CT molecular complexity index is 1470. The number of rotatable bonds is 7. The Hall–Kier alpha value is -4.32. The molecule has 0 fully saturated rings. The van der Waals surface area contributed by atoms with Crippen molar-refractivity contribution < 1.29 is 22.3 Å². The number of benzene rings is 3. The van der Waals surface area contributed by atoms with Gasteiger partial charge in [0.25, 0.3) is 15.9 Å². The van der Waals surface area contributed by atoms with Gasteiger partial charge in [-0.05, 0) is 65.9 Å². The predicted molar refractivity (Wildman–Crippen MR) is 122 cm³/mol. The maximum absolute atomic E-state index is 14.3. The van der Waals surface area contributed by atoms with Crippen molar-refractivity contribution in [2.24, 2.45) is 0 Å². The van der Waals surface area contributed by atoms with E-state index in [9.17, 15) is 17.6 Å². The van der Waals surface area contributed by atoms with Gasteiger partial charge in [-0.2, -0.15) is 4.68 Å². The van der Waals surface area contributed by atoms with Crippen LogP contribution in [-0.4, -0.2) is 41.6 Å². The Balaban J connectivity index is 1.57. The number of anilines is 2. The van der Waals surface area contributed by atoms with Gasteiger partial charge in [-0.15, -0.1) is 5.10 Å². The number of aryl methyl sites for hydroxylation is 1. The second kappa shape index (κ2) is 9.27. The van der Waals surface area contributed by atoms with Gasteiger partial charge in [0, 0.05) is 11.3 Å². The van der Waals surface area contributed by atoms with E-state index in [1.165, 1.54) is 54.3 Å². The van der Waals surface area contributed by atoms with Crippen molar-refractivity contribution in [3.05, 3.63) is 83.9 Å². The first-order chi connectivity index (χ1) is 16.3. The minimum absolute atomic E-state index is 0.0534. The van der Waals surface area contributed by atoms with E-state index >= 15 is 0 Å². The first-order valence-electron chi connectivity index (χ1n) is 9.90. The number of carbonyl (C=O) groups is 1. The third-order valence-corrected chi connectivity index (χ3v) is 6.18. The van der Waals surface area contributed by atoms with Crippen molar-refractivity contribution in [1.82, 2.24) is 20.2 Å². The van der Waals surface area contributed by atoms with Gasteiger partial charge in [-0.1, -0.05) is 18.2 Å². The van der Waals surface area contributed by atoms with Gasteiger partial charge < -0.3 is 10.1 Å². The second-order valence-corrected chi connectivity index (χ2v) is 8.77. The number of methoxy groups -OCH3 is 1. The highest BCUT2D eigenvalue weighted by atomic mass is 32.2.